The van der Waals surface area contributed by atoms with E-state index in [0.29, 0.717) is 0 Å². The predicted molar refractivity (Wildman–Crippen MR) is 57.4 cm³/mol. The van der Waals surface area contributed by atoms with E-state index in [1.165, 1.54) is 0 Å². The third-order valence-electron chi connectivity index (χ3n) is 1.88. The molecule has 0 aliphatic heterocycles. The quantitative estimate of drug-likeness (QED) is 0.378. The van der Waals surface area contributed by atoms with Crippen LogP contribution in [0.5, 0.6) is 0 Å². The number of rotatable bonds is 0. The molecule has 14 heavy (non-hydrogen) atoms. The summed E-state index contributed by atoms with van der Waals surface area (Å²) in [5, 5.41) is 17.5. The molecular weight excluding hydrogens is 167 g/mol. The zero-order valence-corrected chi connectivity index (χ0v) is 7.20. The number of nitrogens with zero attached hydrogens (tertiary/aromatic N) is 2. The smallest absolute Gasteiger partial charge is 0.114 e. The minimum Gasteiger partial charge on any atom is -0.192 e. The molecule has 1 rings (SSSR count). The zero-order chi connectivity index (χ0) is 10.9. The summed E-state index contributed by atoms with van der Waals surface area (Å²) >= 11 is 0. The molecule has 2 nitrogen and oxygen atoms in total. The van der Waals surface area contributed by atoms with E-state index < -0.39 is 0 Å². The van der Waals surface area contributed by atoms with Gasteiger partial charge in [0.05, 0.1) is 23.3 Å². The van der Waals surface area contributed by atoms with Gasteiger partial charge in [0.15, 0.2) is 0 Å². The van der Waals surface area contributed by atoms with Gasteiger partial charge in [-0.05, 0) is 0 Å². The summed E-state index contributed by atoms with van der Waals surface area (Å²) in [7, 11) is 22.0. The van der Waals surface area contributed by atoms with E-state index >= 15 is 0 Å². The molecule has 0 N–H and O–H groups in total. The topological polar surface area (TPSA) is 47.6 Å². The van der Waals surface area contributed by atoms with Crippen molar-refractivity contribution in [3.8, 4) is 12.1 Å². The Labute approximate surface area is 87.6 Å². The first-order chi connectivity index (χ1) is 6.54. The van der Waals surface area contributed by atoms with Crippen LogP contribution in [0.1, 0.15) is 11.1 Å². The molecule has 0 aliphatic carbocycles. The first kappa shape index (κ1) is 10.5. The largest absolute Gasteiger partial charge is 0.192 e. The molecule has 6 heteroatoms. The second-order valence-corrected chi connectivity index (χ2v) is 2.63. The fourth-order valence-corrected chi connectivity index (χ4v) is 1.06. The summed E-state index contributed by atoms with van der Waals surface area (Å²) in [6, 6.07) is 3.52. The van der Waals surface area contributed by atoms with Crippen LogP contribution in [0.3, 0.4) is 0 Å². The van der Waals surface area contributed by atoms with E-state index in [0.717, 1.165) is 0 Å². The minimum absolute atomic E-state index is 0.00394. The Bertz CT molecular complexity index is 437. The highest BCUT2D eigenvalue weighted by Crippen LogP contribution is 1.96. The van der Waals surface area contributed by atoms with E-state index in [4.69, 9.17) is 41.9 Å². The van der Waals surface area contributed by atoms with Crippen LogP contribution in [0, 0.1) is 22.7 Å². The summed E-state index contributed by atoms with van der Waals surface area (Å²) in [5.41, 5.74) is 0.0102. The van der Waals surface area contributed by atoms with Gasteiger partial charge >= 0.3 is 0 Å². The molecule has 1 aromatic rings. The molecule has 0 aliphatic rings. The van der Waals surface area contributed by atoms with Gasteiger partial charge in [-0.1, -0.05) is 10.9 Å². The van der Waals surface area contributed by atoms with Gasteiger partial charge in [0, 0.05) is 0 Å². The number of hydrogen-bond donors (Lipinski definition) is 0. The maximum atomic E-state index is 8.74. The van der Waals surface area contributed by atoms with E-state index in [1.807, 2.05) is 0 Å². The lowest BCUT2D eigenvalue weighted by Gasteiger charge is -2.14. The fraction of sp³-hybridized carbons (Fsp3) is 0. The molecule has 0 unspecified atom stereocenters. The Morgan fingerprint density at radius 3 is 1.14 bits per heavy atom. The molecule has 0 amide bonds. The highest BCUT2D eigenvalue weighted by Gasteiger charge is 2.12. The maximum absolute atomic E-state index is 8.74. The van der Waals surface area contributed by atoms with Crippen LogP contribution in [0.2, 0.25) is 0 Å². The molecular formula is C8B4N2. The Kier molecular flexibility index (Phi) is 2.77. The van der Waals surface area contributed by atoms with Crippen molar-refractivity contribution < 1.29 is 0 Å². The summed E-state index contributed by atoms with van der Waals surface area (Å²) in [4.78, 5) is 0. The van der Waals surface area contributed by atoms with E-state index in [9.17, 15) is 0 Å². The van der Waals surface area contributed by atoms with Gasteiger partial charge in [-0.15, -0.1) is 10.9 Å². The molecule has 0 aromatic heterocycles. The zero-order valence-electron chi connectivity index (χ0n) is 7.20. The Morgan fingerprint density at radius 1 is 0.643 bits per heavy atom. The highest BCUT2D eigenvalue weighted by atomic mass is 14.3. The van der Waals surface area contributed by atoms with E-state index in [-0.39, 0.29) is 33.0 Å². The van der Waals surface area contributed by atoms with Crippen LogP contribution < -0.4 is 21.9 Å². The van der Waals surface area contributed by atoms with Gasteiger partial charge in [0.1, 0.15) is 31.4 Å². The third-order valence-corrected chi connectivity index (χ3v) is 1.88. The monoisotopic (exact) mass is 168 g/mol. The van der Waals surface area contributed by atoms with Gasteiger partial charge < -0.3 is 0 Å². The first-order valence-corrected chi connectivity index (χ1v) is 3.60. The van der Waals surface area contributed by atoms with Crippen molar-refractivity contribution in [3.63, 3.8) is 0 Å². The Hall–Kier alpha value is -1.54. The molecule has 0 bridgehead atoms. The predicted octanol–water partition coefficient (Wildman–Crippen LogP) is -3.39. The number of benzene rings is 1. The molecule has 0 atom stereocenters. The van der Waals surface area contributed by atoms with E-state index in [2.05, 4.69) is 0 Å². The minimum atomic E-state index is -0.0308. The maximum Gasteiger partial charge on any atom is 0.114 e. The molecule has 8 radical (unpaired) electrons. The van der Waals surface area contributed by atoms with Crippen molar-refractivity contribution in [2.24, 2.45) is 0 Å². The Morgan fingerprint density at radius 2 is 0.929 bits per heavy atom. The third kappa shape index (κ3) is 1.34. The lowest BCUT2D eigenvalue weighted by atomic mass is 9.63. The summed E-state index contributed by atoms with van der Waals surface area (Å²) in [6.45, 7) is 0. The molecule has 0 saturated heterocycles. The van der Waals surface area contributed by atoms with Crippen LogP contribution in [0.4, 0.5) is 0 Å². The standard InChI is InChI=1S/C8B4N2/c9-5-3(1-13)4(2-14)6(10)8(12)7(5)11. The van der Waals surface area contributed by atoms with Crippen molar-refractivity contribution in [1.29, 1.82) is 10.5 Å². The summed E-state index contributed by atoms with van der Waals surface area (Å²) < 4.78 is 0. The average Bonchev–Trinajstić information content (AvgIpc) is 2.20. The molecule has 0 spiro atoms. The Balaban J connectivity index is 3.79. The molecule has 0 fully saturated rings. The second-order valence-electron chi connectivity index (χ2n) is 2.63. The van der Waals surface area contributed by atoms with Gasteiger partial charge in [0.25, 0.3) is 0 Å². The van der Waals surface area contributed by atoms with Crippen LogP contribution in [0.25, 0.3) is 0 Å². The van der Waals surface area contributed by atoms with Gasteiger partial charge in [-0.25, -0.2) is 0 Å². The van der Waals surface area contributed by atoms with Crippen LogP contribution in [0.15, 0.2) is 0 Å². The SMILES string of the molecule is [B]c1c([B])c([B])c(C#N)c(C#N)c1[B]. The number of hydrogen-bond acceptors (Lipinski definition) is 2. The number of nitriles is 2. The molecule has 1 aromatic carbocycles. The lowest BCUT2D eigenvalue weighted by molar-refractivity contribution is 1.47. The summed E-state index contributed by atoms with van der Waals surface area (Å²) in [6.07, 6.45) is 0. The van der Waals surface area contributed by atoms with E-state index in [1.54, 1.807) is 12.1 Å². The van der Waals surface area contributed by atoms with Gasteiger partial charge in [0.2, 0.25) is 0 Å². The van der Waals surface area contributed by atoms with Crippen LogP contribution in [-0.2, 0) is 0 Å². The van der Waals surface area contributed by atoms with Crippen molar-refractivity contribution in [2.45, 2.75) is 0 Å². The van der Waals surface area contributed by atoms with Crippen molar-refractivity contribution in [2.75, 3.05) is 0 Å². The van der Waals surface area contributed by atoms with Crippen LogP contribution in [-0.4, -0.2) is 31.4 Å². The summed E-state index contributed by atoms with van der Waals surface area (Å²) in [5.74, 6) is 0. The van der Waals surface area contributed by atoms with Crippen LogP contribution >= 0.6 is 0 Å². The van der Waals surface area contributed by atoms with Crippen molar-refractivity contribution >= 4 is 53.2 Å². The van der Waals surface area contributed by atoms with Gasteiger partial charge in [-0.3, -0.25) is 0 Å². The molecule has 0 heterocycles. The highest BCUT2D eigenvalue weighted by molar-refractivity contribution is 6.63. The normalized spacial score (nSPS) is 9.00. The molecule has 0 saturated carbocycles. The van der Waals surface area contributed by atoms with Crippen molar-refractivity contribution in [3.05, 3.63) is 11.1 Å². The van der Waals surface area contributed by atoms with Gasteiger partial charge in [-0.2, -0.15) is 10.5 Å². The molecule has 54 valence electrons. The van der Waals surface area contributed by atoms with Crippen molar-refractivity contribution in [1.82, 2.24) is 0 Å². The first-order valence-electron chi connectivity index (χ1n) is 3.60. The average molecular weight is 167 g/mol. The lowest BCUT2D eigenvalue weighted by Crippen LogP contribution is -2.50. The fourth-order valence-electron chi connectivity index (χ4n) is 1.06. The second kappa shape index (κ2) is 3.68.